The summed E-state index contributed by atoms with van der Waals surface area (Å²) in [6.07, 6.45) is 13.2. The number of amides is 1. The molecule has 0 saturated heterocycles. The summed E-state index contributed by atoms with van der Waals surface area (Å²) in [5.74, 6) is 1.00. The number of allylic oxidation sites excluding steroid dienone is 1. The van der Waals surface area contributed by atoms with Gasteiger partial charge in [-0.25, -0.2) is 13.1 Å². The molecule has 2 aromatic rings. The molecule has 1 spiro atoms. The first-order valence-corrected chi connectivity index (χ1v) is 20.0. The van der Waals surface area contributed by atoms with E-state index in [0.717, 1.165) is 55.8 Å². The first-order valence-electron chi connectivity index (χ1n) is 18.1. The summed E-state index contributed by atoms with van der Waals surface area (Å²) in [6.45, 7) is 5.60. The number of nitrogens with one attached hydrogen (secondary N) is 1. The van der Waals surface area contributed by atoms with Crippen LogP contribution < -0.4 is 14.4 Å². The van der Waals surface area contributed by atoms with Gasteiger partial charge >= 0.3 is 0 Å². The van der Waals surface area contributed by atoms with Crippen molar-refractivity contribution in [2.75, 3.05) is 38.8 Å². The molecule has 2 heterocycles. The minimum atomic E-state index is -3.95. The van der Waals surface area contributed by atoms with Crippen molar-refractivity contribution >= 4 is 33.2 Å². The number of halogens is 1. The van der Waals surface area contributed by atoms with Crippen LogP contribution in [0.3, 0.4) is 0 Å². The minimum Gasteiger partial charge on any atom is -0.490 e. The first-order chi connectivity index (χ1) is 23.5. The molecule has 0 unspecified atom stereocenters. The van der Waals surface area contributed by atoms with Gasteiger partial charge in [-0.15, -0.1) is 0 Å². The topological polar surface area (TPSA) is 94.2 Å². The molecule has 10 heteroatoms. The van der Waals surface area contributed by atoms with E-state index in [1.165, 1.54) is 24.0 Å². The van der Waals surface area contributed by atoms with Crippen LogP contribution in [0, 0.1) is 23.7 Å². The Hall–Kier alpha value is -2.59. The Kier molecular flexibility index (Phi) is 9.61. The Balaban J connectivity index is 1.32. The summed E-state index contributed by atoms with van der Waals surface area (Å²) in [4.78, 5) is 16.0. The lowest BCUT2D eigenvalue weighted by atomic mass is 9.62. The monoisotopic (exact) mass is 710 g/mol. The van der Waals surface area contributed by atoms with Gasteiger partial charge in [0.25, 0.3) is 5.91 Å². The summed E-state index contributed by atoms with van der Waals surface area (Å²) >= 11 is 6.48. The Morgan fingerprint density at radius 1 is 1.10 bits per heavy atom. The molecule has 8 nitrogen and oxygen atoms in total. The van der Waals surface area contributed by atoms with Crippen molar-refractivity contribution in [1.29, 1.82) is 0 Å². The van der Waals surface area contributed by atoms with Gasteiger partial charge in [0.15, 0.2) is 0 Å². The van der Waals surface area contributed by atoms with Crippen LogP contribution in [0.5, 0.6) is 5.75 Å². The Labute approximate surface area is 296 Å². The zero-order chi connectivity index (χ0) is 34.6. The Bertz CT molecular complexity index is 1710. The summed E-state index contributed by atoms with van der Waals surface area (Å²) in [6, 6.07) is 11.6. The second-order valence-electron chi connectivity index (χ2n) is 15.5. The van der Waals surface area contributed by atoms with Gasteiger partial charge < -0.3 is 19.1 Å². The van der Waals surface area contributed by atoms with Crippen LogP contribution in [0.15, 0.2) is 48.6 Å². The molecular weight excluding hydrogens is 660 g/mol. The van der Waals surface area contributed by atoms with Gasteiger partial charge in [-0.1, -0.05) is 36.7 Å². The fourth-order valence-electron chi connectivity index (χ4n) is 9.10. The van der Waals surface area contributed by atoms with Gasteiger partial charge in [0.05, 0.1) is 29.2 Å². The SMILES string of the molecule is CO[C@@H](C[C@]1(OC)/C=C/C[C@H](C)[C@@H](C)S(=O)(=O)NC(=O)c2ccc3c(c2)N(C[C@@H]2CC[C@H]21)C[C@@]1(CCCc2cc(Cl)ccc21)CO3)C1CC1. The fourth-order valence-corrected chi connectivity index (χ4v) is 10.6. The largest absolute Gasteiger partial charge is 0.490 e. The third-order valence-corrected chi connectivity index (χ3v) is 14.7. The van der Waals surface area contributed by atoms with Crippen molar-refractivity contribution in [2.45, 2.75) is 94.0 Å². The molecule has 2 fully saturated rings. The fraction of sp³-hybridized carbons (Fsp3) is 0.615. The van der Waals surface area contributed by atoms with E-state index >= 15 is 0 Å². The van der Waals surface area contributed by atoms with Gasteiger partial charge in [-0.2, -0.15) is 0 Å². The van der Waals surface area contributed by atoms with Gasteiger partial charge in [0, 0.05) is 49.7 Å². The highest BCUT2D eigenvalue weighted by atomic mass is 35.5. The van der Waals surface area contributed by atoms with Crippen LogP contribution in [0.2, 0.25) is 5.02 Å². The maximum absolute atomic E-state index is 13.6. The van der Waals surface area contributed by atoms with Crippen LogP contribution in [-0.2, 0) is 31.3 Å². The van der Waals surface area contributed by atoms with Gasteiger partial charge in [-0.3, -0.25) is 4.79 Å². The Morgan fingerprint density at radius 3 is 2.63 bits per heavy atom. The maximum atomic E-state index is 13.6. The number of fused-ring (bicyclic) bond motifs is 4. The number of benzene rings is 2. The number of anilines is 1. The minimum absolute atomic E-state index is 0.104. The van der Waals surface area contributed by atoms with E-state index in [4.69, 9.17) is 25.8 Å². The highest BCUT2D eigenvalue weighted by Crippen LogP contribution is 2.51. The van der Waals surface area contributed by atoms with Crippen molar-refractivity contribution in [3.8, 4) is 5.75 Å². The molecule has 2 aromatic carbocycles. The van der Waals surface area contributed by atoms with Gasteiger partial charge in [0.1, 0.15) is 5.75 Å². The van der Waals surface area contributed by atoms with E-state index < -0.39 is 26.8 Å². The predicted molar refractivity (Wildman–Crippen MR) is 193 cm³/mol. The molecule has 266 valence electrons. The lowest BCUT2D eigenvalue weighted by Gasteiger charge is -2.51. The molecule has 5 aliphatic rings. The standard InChI is InChI=1S/C39H51ClN2O6S/c1-25-7-5-18-39(47-4,21-36(46-3)27-9-10-27)33-14-11-30(33)22-42-23-38(17-6-8-28-19-31(40)13-15-32(28)38)24-48-35-16-12-29(20-34(35)42)37(43)41-49(44,45)26(25)2/h5,12-13,15-16,18-20,25-27,30,33,36H,6-11,14,17,21-24H2,1-4H3,(H,41,43)/b18-5+/t25-,26+,30-,33+,36-,38-,39+/m0/s1. The van der Waals surface area contributed by atoms with Crippen molar-refractivity contribution in [2.24, 2.45) is 23.7 Å². The molecule has 2 saturated carbocycles. The number of nitrogens with zero attached hydrogens (tertiary/aromatic N) is 1. The third kappa shape index (κ3) is 6.65. The van der Waals surface area contributed by atoms with Gasteiger partial charge in [-0.05, 0) is 123 Å². The maximum Gasteiger partial charge on any atom is 0.264 e. The van der Waals surface area contributed by atoms with E-state index in [2.05, 4.69) is 33.9 Å². The second kappa shape index (κ2) is 13.5. The number of hydrogen-bond acceptors (Lipinski definition) is 7. The van der Waals surface area contributed by atoms with E-state index in [9.17, 15) is 13.2 Å². The molecule has 7 atom stereocenters. The number of methoxy groups -OCH3 is 2. The predicted octanol–water partition coefficient (Wildman–Crippen LogP) is 7.08. The number of aryl methyl sites for hydroxylation is 1. The first kappa shape index (κ1) is 34.8. The number of carbonyl (C=O) groups is 1. The van der Waals surface area contributed by atoms with Crippen LogP contribution in [-0.4, -0.2) is 65.2 Å². The quantitative estimate of drug-likeness (QED) is 0.332. The summed E-state index contributed by atoms with van der Waals surface area (Å²) in [5.41, 5.74) is 2.87. The number of rotatable bonds is 5. The van der Waals surface area contributed by atoms with Crippen molar-refractivity contribution < 1.29 is 27.4 Å². The molecule has 2 aliphatic heterocycles. The zero-order valence-corrected chi connectivity index (χ0v) is 30.8. The smallest absolute Gasteiger partial charge is 0.264 e. The summed E-state index contributed by atoms with van der Waals surface area (Å²) < 4.78 is 48.8. The van der Waals surface area contributed by atoms with Crippen LogP contribution in [0.25, 0.3) is 0 Å². The average Bonchev–Trinajstić information content (AvgIpc) is 3.93. The lowest BCUT2D eigenvalue weighted by molar-refractivity contribution is -0.106. The number of carbonyl (C=O) groups excluding carboxylic acids is 1. The number of sulfonamides is 1. The van der Waals surface area contributed by atoms with Crippen LogP contribution >= 0.6 is 11.6 Å². The van der Waals surface area contributed by atoms with E-state index in [1.807, 2.05) is 39.3 Å². The highest BCUT2D eigenvalue weighted by molar-refractivity contribution is 7.90. The lowest BCUT2D eigenvalue weighted by Crippen LogP contribution is -2.54. The van der Waals surface area contributed by atoms with Crippen molar-refractivity contribution in [1.82, 2.24) is 4.72 Å². The molecular formula is C39H51ClN2O6S. The number of hydrogen-bond donors (Lipinski definition) is 1. The van der Waals surface area contributed by atoms with Gasteiger partial charge in [0.2, 0.25) is 10.0 Å². The van der Waals surface area contributed by atoms with Crippen LogP contribution in [0.4, 0.5) is 5.69 Å². The normalized spacial score (nSPS) is 34.0. The molecule has 49 heavy (non-hydrogen) atoms. The van der Waals surface area contributed by atoms with E-state index in [1.54, 1.807) is 13.0 Å². The molecule has 1 amide bonds. The molecule has 0 aromatic heterocycles. The average molecular weight is 711 g/mol. The molecule has 3 aliphatic carbocycles. The zero-order valence-electron chi connectivity index (χ0n) is 29.3. The van der Waals surface area contributed by atoms with Crippen molar-refractivity contribution in [3.63, 3.8) is 0 Å². The highest BCUT2D eigenvalue weighted by Gasteiger charge is 2.51. The molecule has 0 radical (unpaired) electrons. The summed E-state index contributed by atoms with van der Waals surface area (Å²) in [5, 5.41) is -0.0317. The molecule has 1 N–H and O–H groups in total. The Morgan fingerprint density at radius 2 is 1.92 bits per heavy atom. The van der Waals surface area contributed by atoms with E-state index in [0.29, 0.717) is 42.7 Å². The van der Waals surface area contributed by atoms with E-state index in [-0.39, 0.29) is 23.4 Å². The molecule has 7 rings (SSSR count). The van der Waals surface area contributed by atoms with Crippen molar-refractivity contribution in [3.05, 3.63) is 70.3 Å². The third-order valence-electron chi connectivity index (χ3n) is 12.6. The summed E-state index contributed by atoms with van der Waals surface area (Å²) in [7, 11) is -0.310. The molecule has 2 bridgehead atoms. The van der Waals surface area contributed by atoms with Crippen LogP contribution in [0.1, 0.15) is 86.7 Å². The number of ether oxygens (including phenoxy) is 3. The second-order valence-corrected chi connectivity index (χ2v) is 18.0.